The van der Waals surface area contributed by atoms with Gasteiger partial charge in [0.15, 0.2) is 11.5 Å². The first-order chi connectivity index (χ1) is 10.9. The van der Waals surface area contributed by atoms with Crippen molar-refractivity contribution in [2.24, 2.45) is 0 Å². The Morgan fingerprint density at radius 1 is 1.26 bits per heavy atom. The van der Waals surface area contributed by atoms with Crippen molar-refractivity contribution in [1.29, 1.82) is 0 Å². The largest absolute Gasteiger partial charge is 0.493 e. The molecule has 23 heavy (non-hydrogen) atoms. The minimum absolute atomic E-state index is 0.111. The number of carbonyl (C=O) groups excluding carboxylic acids is 1. The third kappa shape index (κ3) is 4.48. The molecule has 1 atom stereocenters. The van der Waals surface area contributed by atoms with Crippen molar-refractivity contribution in [3.8, 4) is 11.5 Å². The van der Waals surface area contributed by atoms with E-state index in [4.69, 9.17) is 14.2 Å². The molecule has 128 valence electrons. The molecule has 1 N–H and O–H groups in total. The number of ether oxygens (including phenoxy) is 3. The summed E-state index contributed by atoms with van der Waals surface area (Å²) in [6.07, 6.45) is 0.395. The van der Waals surface area contributed by atoms with Gasteiger partial charge in [0.2, 0.25) is 0 Å². The number of rotatable bonds is 7. The number of benzene rings is 1. The summed E-state index contributed by atoms with van der Waals surface area (Å²) in [6, 6.07) is 3.55. The predicted octanol–water partition coefficient (Wildman–Crippen LogP) is 3.37. The lowest BCUT2D eigenvalue weighted by molar-refractivity contribution is -0.137. The summed E-state index contributed by atoms with van der Waals surface area (Å²) in [4.78, 5) is 11.6. The second kappa shape index (κ2) is 8.58. The normalized spacial score (nSPS) is 13.0. The molecule has 0 radical (unpaired) electrons. The average Bonchev–Trinajstić information content (AvgIpc) is 2.52. The van der Waals surface area contributed by atoms with Crippen LogP contribution in [0.25, 0.3) is 0 Å². The molecule has 0 aliphatic rings. The standard InChI is InChI=1S/C18H26O5/c1-7-23-15(19)10-12(4)17(20)13-8-9-14(21-5)18(22-6)16(13)11(2)3/h8-11,17,20H,7H2,1-6H3/b12-10+. The number of aliphatic hydroxyl groups is 1. The zero-order valence-corrected chi connectivity index (χ0v) is 14.7. The molecule has 0 aromatic heterocycles. The molecule has 0 aliphatic heterocycles. The lowest BCUT2D eigenvalue weighted by Gasteiger charge is -2.22. The van der Waals surface area contributed by atoms with Crippen LogP contribution in [0.5, 0.6) is 11.5 Å². The van der Waals surface area contributed by atoms with Gasteiger partial charge in [-0.3, -0.25) is 0 Å². The summed E-state index contributed by atoms with van der Waals surface area (Å²) in [5.41, 5.74) is 2.06. The van der Waals surface area contributed by atoms with Crippen LogP contribution in [0.15, 0.2) is 23.8 Å². The molecule has 0 spiro atoms. The van der Waals surface area contributed by atoms with E-state index in [2.05, 4.69) is 0 Å². The van der Waals surface area contributed by atoms with Gasteiger partial charge in [0.1, 0.15) is 6.10 Å². The average molecular weight is 322 g/mol. The van der Waals surface area contributed by atoms with Gasteiger partial charge >= 0.3 is 5.97 Å². The second-order valence-corrected chi connectivity index (χ2v) is 5.50. The van der Waals surface area contributed by atoms with Crippen LogP contribution in [0.1, 0.15) is 50.8 Å². The number of esters is 1. The zero-order chi connectivity index (χ0) is 17.6. The van der Waals surface area contributed by atoms with Crippen LogP contribution in [0.2, 0.25) is 0 Å². The molecule has 0 saturated heterocycles. The highest BCUT2D eigenvalue weighted by Crippen LogP contribution is 2.41. The van der Waals surface area contributed by atoms with E-state index in [-0.39, 0.29) is 5.92 Å². The molecule has 5 heteroatoms. The summed E-state index contributed by atoms with van der Waals surface area (Å²) in [5, 5.41) is 10.6. The topological polar surface area (TPSA) is 65.0 Å². The molecular weight excluding hydrogens is 296 g/mol. The maximum atomic E-state index is 11.6. The van der Waals surface area contributed by atoms with Gasteiger partial charge in [-0.15, -0.1) is 0 Å². The van der Waals surface area contributed by atoms with Gasteiger partial charge in [-0.05, 0) is 37.0 Å². The van der Waals surface area contributed by atoms with Crippen molar-refractivity contribution < 1.29 is 24.1 Å². The van der Waals surface area contributed by atoms with Gasteiger partial charge < -0.3 is 19.3 Å². The van der Waals surface area contributed by atoms with Crippen LogP contribution in [0.4, 0.5) is 0 Å². The van der Waals surface area contributed by atoms with Crippen molar-refractivity contribution >= 4 is 5.97 Å². The molecule has 0 aliphatic carbocycles. The molecular formula is C18H26O5. The van der Waals surface area contributed by atoms with Gasteiger partial charge in [-0.1, -0.05) is 19.9 Å². The summed E-state index contributed by atoms with van der Waals surface area (Å²) in [7, 11) is 3.14. The first kappa shape index (κ1) is 19.0. The first-order valence-electron chi connectivity index (χ1n) is 7.65. The number of methoxy groups -OCH3 is 2. The summed E-state index contributed by atoms with van der Waals surface area (Å²) in [6.45, 7) is 7.76. The molecule has 0 amide bonds. The SMILES string of the molecule is CCOC(=O)/C=C(\C)C(O)c1ccc(OC)c(OC)c1C(C)C. The molecule has 0 saturated carbocycles. The summed E-state index contributed by atoms with van der Waals surface area (Å²) in [5.74, 6) is 0.859. The highest BCUT2D eigenvalue weighted by atomic mass is 16.5. The molecule has 1 unspecified atom stereocenters. The van der Waals surface area contributed by atoms with Crippen LogP contribution in [-0.2, 0) is 9.53 Å². The molecule has 1 aromatic carbocycles. The summed E-state index contributed by atoms with van der Waals surface area (Å²) >= 11 is 0. The van der Waals surface area contributed by atoms with E-state index in [0.29, 0.717) is 29.2 Å². The Morgan fingerprint density at radius 3 is 2.39 bits per heavy atom. The number of aliphatic hydroxyl groups excluding tert-OH is 1. The zero-order valence-electron chi connectivity index (χ0n) is 14.7. The van der Waals surface area contributed by atoms with E-state index < -0.39 is 12.1 Å². The Balaban J connectivity index is 3.33. The fourth-order valence-corrected chi connectivity index (χ4v) is 2.49. The van der Waals surface area contributed by atoms with Crippen LogP contribution in [0, 0.1) is 0 Å². The lowest BCUT2D eigenvalue weighted by Crippen LogP contribution is -2.09. The monoisotopic (exact) mass is 322 g/mol. The Bertz CT molecular complexity index is 575. The molecule has 1 rings (SSSR count). The van der Waals surface area contributed by atoms with Crippen molar-refractivity contribution in [3.05, 3.63) is 34.9 Å². The van der Waals surface area contributed by atoms with Gasteiger partial charge in [0.05, 0.1) is 20.8 Å². The fourth-order valence-electron chi connectivity index (χ4n) is 2.49. The lowest BCUT2D eigenvalue weighted by atomic mass is 9.90. The van der Waals surface area contributed by atoms with Crippen molar-refractivity contribution in [3.63, 3.8) is 0 Å². The van der Waals surface area contributed by atoms with Crippen LogP contribution in [0.3, 0.4) is 0 Å². The van der Waals surface area contributed by atoms with Gasteiger partial charge in [-0.2, -0.15) is 0 Å². The minimum atomic E-state index is -0.920. The Labute approximate surface area is 137 Å². The van der Waals surface area contributed by atoms with Crippen molar-refractivity contribution in [1.82, 2.24) is 0 Å². The molecule has 0 fully saturated rings. The maximum Gasteiger partial charge on any atom is 0.330 e. The molecule has 1 aromatic rings. The van der Waals surface area contributed by atoms with Gasteiger partial charge in [0.25, 0.3) is 0 Å². The smallest absolute Gasteiger partial charge is 0.330 e. The van der Waals surface area contributed by atoms with Gasteiger partial charge in [0, 0.05) is 11.6 Å². The molecule has 0 bridgehead atoms. The minimum Gasteiger partial charge on any atom is -0.493 e. The first-order valence-corrected chi connectivity index (χ1v) is 7.65. The van der Waals surface area contributed by atoms with Crippen molar-refractivity contribution in [2.45, 2.75) is 39.7 Å². The Hall–Kier alpha value is -2.01. The predicted molar refractivity (Wildman–Crippen MR) is 89.0 cm³/mol. The van der Waals surface area contributed by atoms with Crippen LogP contribution >= 0.6 is 0 Å². The van der Waals surface area contributed by atoms with E-state index in [9.17, 15) is 9.90 Å². The van der Waals surface area contributed by atoms with E-state index in [1.54, 1.807) is 40.2 Å². The number of hydrogen-bond acceptors (Lipinski definition) is 5. The third-order valence-corrected chi connectivity index (χ3v) is 3.55. The van der Waals surface area contributed by atoms with E-state index in [0.717, 1.165) is 5.56 Å². The summed E-state index contributed by atoms with van der Waals surface area (Å²) < 4.78 is 15.7. The third-order valence-electron chi connectivity index (χ3n) is 3.55. The van der Waals surface area contributed by atoms with Crippen molar-refractivity contribution in [2.75, 3.05) is 20.8 Å². The number of carbonyl (C=O) groups is 1. The molecule has 0 heterocycles. The maximum absolute atomic E-state index is 11.6. The highest BCUT2D eigenvalue weighted by Gasteiger charge is 2.23. The van der Waals surface area contributed by atoms with E-state index in [1.807, 2.05) is 13.8 Å². The van der Waals surface area contributed by atoms with Crippen LogP contribution in [-0.4, -0.2) is 31.9 Å². The Morgan fingerprint density at radius 2 is 1.91 bits per heavy atom. The molecule has 5 nitrogen and oxygen atoms in total. The quantitative estimate of drug-likeness (QED) is 0.616. The van der Waals surface area contributed by atoms with E-state index in [1.165, 1.54) is 6.08 Å². The van der Waals surface area contributed by atoms with E-state index >= 15 is 0 Å². The number of hydrogen-bond donors (Lipinski definition) is 1. The van der Waals surface area contributed by atoms with Crippen LogP contribution < -0.4 is 9.47 Å². The van der Waals surface area contributed by atoms with Gasteiger partial charge in [-0.25, -0.2) is 4.79 Å². The Kier molecular flexibility index (Phi) is 7.10. The fraction of sp³-hybridized carbons (Fsp3) is 0.500. The second-order valence-electron chi connectivity index (χ2n) is 5.50. The highest BCUT2D eigenvalue weighted by molar-refractivity contribution is 5.83.